The van der Waals surface area contributed by atoms with Crippen molar-refractivity contribution < 1.29 is 0 Å². The molecule has 0 aromatic carbocycles. The lowest BCUT2D eigenvalue weighted by molar-refractivity contribution is 0.132. The zero-order valence-electron chi connectivity index (χ0n) is 11.1. The van der Waals surface area contributed by atoms with Crippen LogP contribution in [0, 0.1) is 11.8 Å². The molecule has 3 heteroatoms. The van der Waals surface area contributed by atoms with E-state index in [1.54, 1.807) is 0 Å². The van der Waals surface area contributed by atoms with Crippen LogP contribution in [0.5, 0.6) is 0 Å². The van der Waals surface area contributed by atoms with Crippen LogP contribution in [-0.2, 0) is 6.54 Å². The predicted molar refractivity (Wildman–Crippen MR) is 72.0 cm³/mol. The van der Waals surface area contributed by atoms with E-state index in [1.165, 1.54) is 25.1 Å². The van der Waals surface area contributed by atoms with Crippen LogP contribution in [0.4, 0.5) is 5.82 Å². The molecule has 2 heterocycles. The Kier molecular flexibility index (Phi) is 4.00. The Bertz CT molecular complexity index is 364. The third-order valence-electron chi connectivity index (χ3n) is 3.94. The highest BCUT2D eigenvalue weighted by Gasteiger charge is 2.22. The quantitative estimate of drug-likeness (QED) is 0.870. The number of hydrogen-bond donors (Lipinski definition) is 1. The van der Waals surface area contributed by atoms with E-state index in [4.69, 9.17) is 0 Å². The summed E-state index contributed by atoms with van der Waals surface area (Å²) in [5, 5.41) is 3.17. The molecular weight excluding hydrogens is 210 g/mol. The van der Waals surface area contributed by atoms with E-state index in [9.17, 15) is 0 Å². The largest absolute Gasteiger partial charge is 0.373 e. The first-order valence-corrected chi connectivity index (χ1v) is 6.54. The van der Waals surface area contributed by atoms with E-state index in [0.29, 0.717) is 0 Å². The Labute approximate surface area is 104 Å². The third kappa shape index (κ3) is 2.97. The first-order chi connectivity index (χ1) is 8.20. The van der Waals surface area contributed by atoms with E-state index in [2.05, 4.69) is 35.1 Å². The first-order valence-electron chi connectivity index (χ1n) is 6.54. The molecule has 2 unspecified atom stereocenters. The van der Waals surface area contributed by atoms with Gasteiger partial charge in [0.05, 0.1) is 0 Å². The molecule has 1 aliphatic heterocycles. The minimum absolute atomic E-state index is 0.804. The van der Waals surface area contributed by atoms with Gasteiger partial charge in [0, 0.05) is 31.9 Å². The van der Waals surface area contributed by atoms with Gasteiger partial charge in [-0.1, -0.05) is 19.9 Å². The lowest BCUT2D eigenvalue weighted by atomic mass is 9.88. The maximum atomic E-state index is 4.36. The smallest absolute Gasteiger partial charge is 0.130 e. The summed E-state index contributed by atoms with van der Waals surface area (Å²) < 4.78 is 0. The first kappa shape index (κ1) is 12.4. The molecule has 1 aromatic heterocycles. The van der Waals surface area contributed by atoms with E-state index >= 15 is 0 Å². The van der Waals surface area contributed by atoms with Crippen molar-refractivity contribution in [3.05, 3.63) is 23.9 Å². The Balaban J connectivity index is 2.01. The van der Waals surface area contributed by atoms with Crippen LogP contribution in [0.25, 0.3) is 0 Å². The minimum atomic E-state index is 0.804. The van der Waals surface area contributed by atoms with E-state index in [-0.39, 0.29) is 0 Å². The number of anilines is 1. The van der Waals surface area contributed by atoms with Gasteiger partial charge in [-0.05, 0) is 30.9 Å². The van der Waals surface area contributed by atoms with Gasteiger partial charge in [-0.3, -0.25) is 4.90 Å². The molecular formula is C14H23N3. The molecule has 1 aromatic rings. The summed E-state index contributed by atoms with van der Waals surface area (Å²) in [4.78, 5) is 6.90. The summed E-state index contributed by atoms with van der Waals surface area (Å²) in [6.45, 7) is 8.16. The van der Waals surface area contributed by atoms with Crippen LogP contribution in [-0.4, -0.2) is 30.0 Å². The topological polar surface area (TPSA) is 28.2 Å². The van der Waals surface area contributed by atoms with Gasteiger partial charge in [0.25, 0.3) is 0 Å². The highest BCUT2D eigenvalue weighted by molar-refractivity contribution is 5.42. The Morgan fingerprint density at radius 2 is 2.24 bits per heavy atom. The fraction of sp³-hybridized carbons (Fsp3) is 0.643. The van der Waals surface area contributed by atoms with Crippen LogP contribution in [0.1, 0.15) is 25.8 Å². The highest BCUT2D eigenvalue weighted by Crippen LogP contribution is 2.24. The molecule has 17 heavy (non-hydrogen) atoms. The second-order valence-corrected chi connectivity index (χ2v) is 5.24. The van der Waals surface area contributed by atoms with E-state index in [0.717, 1.165) is 24.2 Å². The molecule has 1 aliphatic rings. The molecule has 1 N–H and O–H groups in total. The molecule has 2 atom stereocenters. The minimum Gasteiger partial charge on any atom is -0.373 e. The van der Waals surface area contributed by atoms with Crippen molar-refractivity contribution in [1.82, 2.24) is 9.88 Å². The number of likely N-dealkylation sites (tertiary alicyclic amines) is 1. The predicted octanol–water partition coefficient (Wildman–Crippen LogP) is 2.60. The highest BCUT2D eigenvalue weighted by atomic mass is 15.1. The lowest BCUT2D eigenvalue weighted by Crippen LogP contribution is -2.38. The number of aromatic nitrogens is 1. The molecule has 0 spiro atoms. The fourth-order valence-electron chi connectivity index (χ4n) is 2.53. The normalized spacial score (nSPS) is 25.8. The van der Waals surface area contributed by atoms with Gasteiger partial charge in [0.2, 0.25) is 0 Å². The standard InChI is InChI=1S/C14H23N3/c1-11-6-8-17(9-12(11)2)10-13-5-4-7-16-14(13)15-3/h4-5,7,11-12H,6,8-10H2,1-3H3,(H,15,16). The Hall–Kier alpha value is -1.09. The molecule has 94 valence electrons. The number of rotatable bonds is 3. The third-order valence-corrected chi connectivity index (χ3v) is 3.94. The Morgan fingerprint density at radius 1 is 1.41 bits per heavy atom. The maximum absolute atomic E-state index is 4.36. The van der Waals surface area contributed by atoms with Crippen molar-refractivity contribution >= 4 is 5.82 Å². The van der Waals surface area contributed by atoms with Crippen LogP contribution >= 0.6 is 0 Å². The van der Waals surface area contributed by atoms with Gasteiger partial charge in [-0.15, -0.1) is 0 Å². The van der Waals surface area contributed by atoms with Crippen molar-refractivity contribution in [2.75, 3.05) is 25.5 Å². The van der Waals surface area contributed by atoms with Crippen LogP contribution < -0.4 is 5.32 Å². The molecule has 2 rings (SSSR count). The zero-order chi connectivity index (χ0) is 12.3. The van der Waals surface area contributed by atoms with Gasteiger partial charge in [-0.25, -0.2) is 4.98 Å². The van der Waals surface area contributed by atoms with Crippen LogP contribution in [0.15, 0.2) is 18.3 Å². The molecule has 0 bridgehead atoms. The second-order valence-electron chi connectivity index (χ2n) is 5.24. The number of pyridine rings is 1. The van der Waals surface area contributed by atoms with E-state index in [1.807, 2.05) is 19.3 Å². The summed E-state index contributed by atoms with van der Waals surface area (Å²) in [5.74, 6) is 2.68. The molecule has 0 amide bonds. The monoisotopic (exact) mass is 233 g/mol. The van der Waals surface area contributed by atoms with Crippen molar-refractivity contribution in [2.45, 2.75) is 26.8 Å². The van der Waals surface area contributed by atoms with Crippen LogP contribution in [0.3, 0.4) is 0 Å². The van der Waals surface area contributed by atoms with Crippen molar-refractivity contribution in [3.63, 3.8) is 0 Å². The van der Waals surface area contributed by atoms with Crippen molar-refractivity contribution in [3.8, 4) is 0 Å². The Morgan fingerprint density at radius 3 is 2.94 bits per heavy atom. The summed E-state index contributed by atoms with van der Waals surface area (Å²) in [6.07, 6.45) is 3.16. The number of nitrogens with zero attached hydrogens (tertiary/aromatic N) is 2. The number of nitrogens with one attached hydrogen (secondary N) is 1. The van der Waals surface area contributed by atoms with E-state index < -0.39 is 0 Å². The molecule has 1 saturated heterocycles. The molecule has 3 nitrogen and oxygen atoms in total. The summed E-state index contributed by atoms with van der Waals surface area (Å²) in [5.41, 5.74) is 1.30. The van der Waals surface area contributed by atoms with Gasteiger partial charge in [-0.2, -0.15) is 0 Å². The summed E-state index contributed by atoms with van der Waals surface area (Å²) in [6, 6.07) is 4.19. The van der Waals surface area contributed by atoms with Gasteiger partial charge < -0.3 is 5.32 Å². The average molecular weight is 233 g/mol. The SMILES string of the molecule is CNc1ncccc1CN1CCC(C)C(C)C1. The van der Waals surface area contributed by atoms with Crippen molar-refractivity contribution in [2.24, 2.45) is 11.8 Å². The second kappa shape index (κ2) is 5.50. The van der Waals surface area contributed by atoms with Gasteiger partial charge in [0.15, 0.2) is 0 Å². The molecule has 1 fully saturated rings. The molecule has 0 aliphatic carbocycles. The number of piperidine rings is 1. The maximum Gasteiger partial charge on any atom is 0.130 e. The van der Waals surface area contributed by atoms with Gasteiger partial charge >= 0.3 is 0 Å². The zero-order valence-corrected chi connectivity index (χ0v) is 11.1. The van der Waals surface area contributed by atoms with Gasteiger partial charge in [0.1, 0.15) is 5.82 Å². The molecule has 0 saturated carbocycles. The average Bonchev–Trinajstić information content (AvgIpc) is 2.34. The summed E-state index contributed by atoms with van der Waals surface area (Å²) in [7, 11) is 1.94. The van der Waals surface area contributed by atoms with Crippen molar-refractivity contribution in [1.29, 1.82) is 0 Å². The van der Waals surface area contributed by atoms with Crippen LogP contribution in [0.2, 0.25) is 0 Å². The number of hydrogen-bond acceptors (Lipinski definition) is 3. The fourth-order valence-corrected chi connectivity index (χ4v) is 2.53. The molecule has 0 radical (unpaired) electrons. The lowest BCUT2D eigenvalue weighted by Gasteiger charge is -2.35. The summed E-state index contributed by atoms with van der Waals surface area (Å²) >= 11 is 0.